The molecular weight excluding hydrogens is 453 g/mol. The summed E-state index contributed by atoms with van der Waals surface area (Å²) in [5.41, 5.74) is 1.19. The van der Waals surface area contributed by atoms with Gasteiger partial charge in [-0.15, -0.1) is 0 Å². The standard InChI is InChI=1S/C20H16BrF3N2O3/c1-11-17(18(29-26-11)14-5-9-16(21)10-6-14)25-19(27)28-12(2)13-3-7-15(8-4-13)20(22,23)24/h3-10,12H,1-2H3,(H,25,27). The molecule has 0 bridgehead atoms. The Balaban J connectivity index is 1.71. The number of aryl methyl sites for hydroxylation is 1. The highest BCUT2D eigenvalue weighted by molar-refractivity contribution is 9.10. The van der Waals surface area contributed by atoms with Crippen LogP contribution < -0.4 is 5.32 Å². The molecule has 2 aromatic carbocycles. The molecule has 0 aliphatic carbocycles. The Kier molecular flexibility index (Phi) is 5.97. The summed E-state index contributed by atoms with van der Waals surface area (Å²) in [5, 5.41) is 6.47. The molecule has 0 spiro atoms. The first kappa shape index (κ1) is 20.9. The van der Waals surface area contributed by atoms with E-state index in [4.69, 9.17) is 9.26 Å². The molecule has 0 saturated heterocycles. The van der Waals surface area contributed by atoms with Crippen molar-refractivity contribution in [3.8, 4) is 11.3 Å². The zero-order valence-corrected chi connectivity index (χ0v) is 17.0. The van der Waals surface area contributed by atoms with Crippen LogP contribution in [0.4, 0.5) is 23.7 Å². The number of aromatic nitrogens is 1. The number of anilines is 1. The van der Waals surface area contributed by atoms with Crippen molar-refractivity contribution >= 4 is 27.7 Å². The van der Waals surface area contributed by atoms with Crippen molar-refractivity contribution < 1.29 is 27.2 Å². The number of ether oxygens (including phenoxy) is 1. The number of hydrogen-bond acceptors (Lipinski definition) is 4. The Hall–Kier alpha value is -2.81. The van der Waals surface area contributed by atoms with Crippen LogP contribution in [0.15, 0.2) is 57.5 Å². The molecule has 3 aromatic rings. The molecule has 152 valence electrons. The van der Waals surface area contributed by atoms with E-state index in [9.17, 15) is 18.0 Å². The maximum Gasteiger partial charge on any atom is 0.416 e. The molecule has 0 saturated carbocycles. The van der Waals surface area contributed by atoms with Crippen LogP contribution >= 0.6 is 15.9 Å². The van der Waals surface area contributed by atoms with E-state index in [0.717, 1.165) is 16.6 Å². The highest BCUT2D eigenvalue weighted by atomic mass is 79.9. The average molecular weight is 469 g/mol. The lowest BCUT2D eigenvalue weighted by Gasteiger charge is -2.15. The van der Waals surface area contributed by atoms with Gasteiger partial charge in [-0.3, -0.25) is 5.32 Å². The number of alkyl halides is 3. The van der Waals surface area contributed by atoms with Crippen molar-refractivity contribution in [2.45, 2.75) is 26.1 Å². The number of amides is 1. The average Bonchev–Trinajstić information content (AvgIpc) is 3.02. The van der Waals surface area contributed by atoms with Crippen molar-refractivity contribution in [1.82, 2.24) is 5.16 Å². The molecule has 1 unspecified atom stereocenters. The van der Waals surface area contributed by atoms with Gasteiger partial charge in [0.1, 0.15) is 17.5 Å². The molecule has 1 heterocycles. The predicted octanol–water partition coefficient (Wildman–Crippen LogP) is 6.74. The van der Waals surface area contributed by atoms with Gasteiger partial charge in [0.25, 0.3) is 0 Å². The quantitative estimate of drug-likeness (QED) is 0.460. The van der Waals surface area contributed by atoms with Gasteiger partial charge in [-0.25, -0.2) is 4.79 Å². The Morgan fingerprint density at radius 2 is 1.76 bits per heavy atom. The maximum absolute atomic E-state index is 12.7. The summed E-state index contributed by atoms with van der Waals surface area (Å²) in [4.78, 5) is 12.3. The fourth-order valence-corrected chi connectivity index (χ4v) is 2.88. The Morgan fingerprint density at radius 1 is 1.14 bits per heavy atom. The van der Waals surface area contributed by atoms with Crippen LogP contribution in [0.3, 0.4) is 0 Å². The summed E-state index contributed by atoms with van der Waals surface area (Å²) < 4.78 is 49.5. The third-order valence-corrected chi connectivity index (χ3v) is 4.72. The van der Waals surface area contributed by atoms with E-state index >= 15 is 0 Å². The fourth-order valence-electron chi connectivity index (χ4n) is 2.62. The first-order chi connectivity index (χ1) is 13.6. The van der Waals surface area contributed by atoms with Crippen molar-refractivity contribution in [3.63, 3.8) is 0 Å². The van der Waals surface area contributed by atoms with Crippen LogP contribution in [0, 0.1) is 6.92 Å². The Labute approximate surface area is 173 Å². The van der Waals surface area contributed by atoms with E-state index in [1.54, 1.807) is 26.0 Å². The summed E-state index contributed by atoms with van der Waals surface area (Å²) in [6.45, 7) is 3.24. The normalized spacial score (nSPS) is 12.5. The first-order valence-electron chi connectivity index (χ1n) is 8.52. The zero-order chi connectivity index (χ0) is 21.2. The van der Waals surface area contributed by atoms with Gasteiger partial charge in [0.2, 0.25) is 0 Å². The van der Waals surface area contributed by atoms with E-state index in [2.05, 4.69) is 26.4 Å². The molecule has 5 nitrogen and oxygen atoms in total. The van der Waals surface area contributed by atoms with Gasteiger partial charge in [-0.05, 0) is 55.8 Å². The number of carbonyl (C=O) groups is 1. The number of benzene rings is 2. The topological polar surface area (TPSA) is 64.4 Å². The van der Waals surface area contributed by atoms with Gasteiger partial charge in [0.05, 0.1) is 5.56 Å². The van der Waals surface area contributed by atoms with Gasteiger partial charge < -0.3 is 9.26 Å². The van der Waals surface area contributed by atoms with Crippen LogP contribution in [0.5, 0.6) is 0 Å². The minimum Gasteiger partial charge on any atom is -0.441 e. The molecule has 1 amide bonds. The zero-order valence-electron chi connectivity index (χ0n) is 15.4. The Bertz CT molecular complexity index is 999. The van der Waals surface area contributed by atoms with Gasteiger partial charge >= 0.3 is 12.3 Å². The SMILES string of the molecule is Cc1noc(-c2ccc(Br)cc2)c1NC(=O)OC(C)c1ccc(C(F)(F)F)cc1. The van der Waals surface area contributed by atoms with Crippen molar-refractivity contribution in [1.29, 1.82) is 0 Å². The molecule has 0 aliphatic heterocycles. The minimum atomic E-state index is -4.42. The third kappa shape index (κ3) is 4.97. The summed E-state index contributed by atoms with van der Waals surface area (Å²) >= 11 is 3.35. The first-order valence-corrected chi connectivity index (χ1v) is 9.31. The summed E-state index contributed by atoms with van der Waals surface area (Å²) in [5.74, 6) is 0.370. The highest BCUT2D eigenvalue weighted by Crippen LogP contribution is 2.33. The van der Waals surface area contributed by atoms with Crippen LogP contribution in [0.25, 0.3) is 11.3 Å². The number of rotatable bonds is 4. The van der Waals surface area contributed by atoms with E-state index in [1.807, 2.05) is 12.1 Å². The van der Waals surface area contributed by atoms with Crippen molar-refractivity contribution in [2.75, 3.05) is 5.32 Å². The number of nitrogens with zero attached hydrogens (tertiary/aromatic N) is 1. The van der Waals surface area contributed by atoms with Crippen molar-refractivity contribution in [2.24, 2.45) is 0 Å². The molecule has 9 heteroatoms. The van der Waals surface area contributed by atoms with Gasteiger partial charge in [0.15, 0.2) is 5.76 Å². The van der Waals surface area contributed by atoms with Crippen LogP contribution in [0.2, 0.25) is 0 Å². The monoisotopic (exact) mass is 468 g/mol. The largest absolute Gasteiger partial charge is 0.441 e. The van der Waals surface area contributed by atoms with Gasteiger partial charge in [0, 0.05) is 10.0 Å². The molecule has 0 radical (unpaired) electrons. The second-order valence-corrected chi connectivity index (χ2v) is 7.19. The number of nitrogens with one attached hydrogen (secondary N) is 1. The summed E-state index contributed by atoms with van der Waals surface area (Å²) in [7, 11) is 0. The predicted molar refractivity (Wildman–Crippen MR) is 104 cm³/mol. The molecule has 1 atom stereocenters. The lowest BCUT2D eigenvalue weighted by Crippen LogP contribution is -2.17. The molecule has 0 fully saturated rings. The van der Waals surface area contributed by atoms with E-state index in [1.165, 1.54) is 12.1 Å². The number of halogens is 4. The summed E-state index contributed by atoms with van der Waals surface area (Å²) in [6.07, 6.45) is -5.95. The highest BCUT2D eigenvalue weighted by Gasteiger charge is 2.30. The van der Waals surface area contributed by atoms with Crippen molar-refractivity contribution in [3.05, 3.63) is 69.8 Å². The van der Waals surface area contributed by atoms with Crippen LogP contribution in [0.1, 0.15) is 29.8 Å². The maximum atomic E-state index is 12.7. The second-order valence-electron chi connectivity index (χ2n) is 6.27. The smallest absolute Gasteiger partial charge is 0.416 e. The molecule has 29 heavy (non-hydrogen) atoms. The summed E-state index contributed by atoms with van der Waals surface area (Å²) in [6, 6.07) is 11.7. The lowest BCUT2D eigenvalue weighted by atomic mass is 10.1. The van der Waals surface area contributed by atoms with Gasteiger partial charge in [-0.2, -0.15) is 13.2 Å². The lowest BCUT2D eigenvalue weighted by molar-refractivity contribution is -0.137. The van der Waals surface area contributed by atoms with Gasteiger partial charge in [-0.1, -0.05) is 33.2 Å². The molecular formula is C20H16BrF3N2O3. The molecule has 1 aromatic heterocycles. The van der Waals surface area contributed by atoms with E-state index in [-0.39, 0.29) is 0 Å². The number of carbonyl (C=O) groups excluding carboxylic acids is 1. The molecule has 3 rings (SSSR count). The number of hydrogen-bond donors (Lipinski definition) is 1. The third-order valence-electron chi connectivity index (χ3n) is 4.19. The second kappa shape index (κ2) is 8.28. The van der Waals surface area contributed by atoms with Crippen LogP contribution in [-0.2, 0) is 10.9 Å². The van der Waals surface area contributed by atoms with E-state index in [0.29, 0.717) is 28.3 Å². The van der Waals surface area contributed by atoms with Crippen LogP contribution in [-0.4, -0.2) is 11.2 Å². The fraction of sp³-hybridized carbons (Fsp3) is 0.200. The Morgan fingerprint density at radius 3 is 2.34 bits per heavy atom. The minimum absolute atomic E-state index is 0.358. The molecule has 1 N–H and O–H groups in total. The van der Waals surface area contributed by atoms with E-state index < -0.39 is 23.9 Å². The molecule has 0 aliphatic rings.